The van der Waals surface area contributed by atoms with Gasteiger partial charge in [0.1, 0.15) is 6.04 Å². The maximum atomic E-state index is 13.9. The quantitative estimate of drug-likeness (QED) is 0.0275. The number of β-amino-alcohol motifs (C(OH)–C–C–N with tert-alkyl or cyclic N) is 1. The summed E-state index contributed by atoms with van der Waals surface area (Å²) in [6, 6.07) is -0.415. The Hall–Kier alpha value is -1.71. The van der Waals surface area contributed by atoms with Crippen molar-refractivity contribution in [2.45, 2.75) is 367 Å². The number of carbonyl (C=O) groups is 3. The molecule has 73 heavy (non-hydrogen) atoms. The minimum Gasteiger partial charge on any atom is -0.466 e. The van der Waals surface area contributed by atoms with Gasteiger partial charge in [0.2, 0.25) is 5.79 Å². The summed E-state index contributed by atoms with van der Waals surface area (Å²) in [5.74, 6) is -1.29. The molecule has 0 aromatic rings. The van der Waals surface area contributed by atoms with Crippen LogP contribution in [0.2, 0.25) is 0 Å². The minimum atomic E-state index is -0.835. The zero-order chi connectivity index (χ0) is 53.1. The third-order valence-electron chi connectivity index (χ3n) is 15.5. The topological polar surface area (TPSA) is 112 Å². The summed E-state index contributed by atoms with van der Waals surface area (Å²) in [7, 11) is 0. The molecule has 1 heterocycles. The molecular weight excluding hydrogens is 911 g/mol. The summed E-state index contributed by atoms with van der Waals surface area (Å²) < 4.78 is 25.2. The first-order valence-corrected chi connectivity index (χ1v) is 32.4. The lowest BCUT2D eigenvalue weighted by Gasteiger charge is -2.37. The SMILES string of the molecule is CCCCCCCCCCCOC(=O)CCCCCN1CC(O)C[C@H]1C(=O)OCCCCCCCC(=O)OC(CCCCCCCC)(CCCCCCCC)OC(CCCCCCCC)CCCCCCCC. The van der Waals surface area contributed by atoms with Gasteiger partial charge in [-0.05, 0) is 64.3 Å². The van der Waals surface area contributed by atoms with E-state index in [1.54, 1.807) is 0 Å². The molecular formula is C64H123NO8. The predicted molar refractivity (Wildman–Crippen MR) is 307 cm³/mol. The highest BCUT2D eigenvalue weighted by molar-refractivity contribution is 5.76. The van der Waals surface area contributed by atoms with Crippen LogP contribution in [0.25, 0.3) is 0 Å². The van der Waals surface area contributed by atoms with Gasteiger partial charge in [0.25, 0.3) is 0 Å². The normalized spacial score (nSPS) is 15.2. The van der Waals surface area contributed by atoms with Gasteiger partial charge >= 0.3 is 17.9 Å². The van der Waals surface area contributed by atoms with Gasteiger partial charge in [-0.15, -0.1) is 0 Å². The average Bonchev–Trinajstić information content (AvgIpc) is 3.76. The Kier molecular flexibility index (Phi) is 48.5. The fraction of sp³-hybridized carbons (Fsp3) is 0.953. The van der Waals surface area contributed by atoms with E-state index in [2.05, 4.69) is 39.5 Å². The van der Waals surface area contributed by atoms with Crippen molar-refractivity contribution in [3.63, 3.8) is 0 Å². The molecule has 1 fully saturated rings. The first-order valence-electron chi connectivity index (χ1n) is 32.4. The van der Waals surface area contributed by atoms with Crippen LogP contribution in [-0.2, 0) is 33.3 Å². The molecule has 0 bridgehead atoms. The molecule has 0 aliphatic carbocycles. The van der Waals surface area contributed by atoms with Crippen LogP contribution in [0.4, 0.5) is 0 Å². The van der Waals surface area contributed by atoms with Crippen molar-refractivity contribution in [3.05, 3.63) is 0 Å². The lowest BCUT2D eigenvalue weighted by molar-refractivity contribution is -0.259. The van der Waals surface area contributed by atoms with Crippen molar-refractivity contribution in [2.75, 3.05) is 26.3 Å². The second-order valence-corrected chi connectivity index (χ2v) is 22.7. The Morgan fingerprint density at radius 3 is 1.29 bits per heavy atom. The summed E-state index contributed by atoms with van der Waals surface area (Å²) in [6.07, 6.45) is 52.5. The van der Waals surface area contributed by atoms with E-state index in [0.717, 1.165) is 116 Å². The zero-order valence-corrected chi connectivity index (χ0v) is 49.3. The summed E-state index contributed by atoms with van der Waals surface area (Å²) >= 11 is 0. The summed E-state index contributed by atoms with van der Waals surface area (Å²) in [4.78, 5) is 41.4. The van der Waals surface area contributed by atoms with Gasteiger partial charge in [0.05, 0.1) is 25.4 Å². The molecule has 0 aromatic heterocycles. The van der Waals surface area contributed by atoms with Crippen LogP contribution in [0.3, 0.4) is 0 Å². The number of unbranched alkanes of at least 4 members (excludes halogenated alkanes) is 34. The number of hydrogen-bond donors (Lipinski definition) is 1. The van der Waals surface area contributed by atoms with E-state index >= 15 is 0 Å². The maximum absolute atomic E-state index is 13.9. The number of carbonyl (C=O) groups excluding carboxylic acids is 3. The van der Waals surface area contributed by atoms with E-state index in [4.69, 9.17) is 18.9 Å². The predicted octanol–water partition coefficient (Wildman–Crippen LogP) is 18.6. The van der Waals surface area contributed by atoms with Crippen LogP contribution in [0.5, 0.6) is 0 Å². The first kappa shape index (κ1) is 69.3. The van der Waals surface area contributed by atoms with Crippen LogP contribution in [-0.4, -0.2) is 78.3 Å². The van der Waals surface area contributed by atoms with E-state index in [1.807, 2.05) is 0 Å². The lowest BCUT2D eigenvalue weighted by atomic mass is 9.97. The van der Waals surface area contributed by atoms with Gasteiger partial charge < -0.3 is 24.1 Å². The van der Waals surface area contributed by atoms with Gasteiger partial charge in [0, 0.05) is 38.6 Å². The highest BCUT2D eigenvalue weighted by Crippen LogP contribution is 2.34. The van der Waals surface area contributed by atoms with Gasteiger partial charge in [-0.3, -0.25) is 19.3 Å². The monoisotopic (exact) mass is 1030 g/mol. The van der Waals surface area contributed by atoms with E-state index < -0.39 is 17.9 Å². The molecule has 432 valence electrons. The Bertz CT molecular complexity index is 1200. The molecule has 1 saturated heterocycles. The van der Waals surface area contributed by atoms with Crippen molar-refractivity contribution >= 4 is 17.9 Å². The Morgan fingerprint density at radius 1 is 0.452 bits per heavy atom. The molecule has 1 aliphatic heterocycles. The molecule has 9 nitrogen and oxygen atoms in total. The van der Waals surface area contributed by atoms with E-state index in [-0.39, 0.29) is 24.0 Å². The Balaban J connectivity index is 2.64. The van der Waals surface area contributed by atoms with E-state index in [9.17, 15) is 19.5 Å². The largest absolute Gasteiger partial charge is 0.466 e. The maximum Gasteiger partial charge on any atom is 0.323 e. The third kappa shape index (κ3) is 41.1. The van der Waals surface area contributed by atoms with E-state index in [1.165, 1.54) is 173 Å². The van der Waals surface area contributed by atoms with Crippen LogP contribution in [0.1, 0.15) is 343 Å². The van der Waals surface area contributed by atoms with Crippen molar-refractivity contribution in [1.29, 1.82) is 0 Å². The number of ether oxygens (including phenoxy) is 4. The Labute approximate surface area is 452 Å². The van der Waals surface area contributed by atoms with Gasteiger partial charge in [0.15, 0.2) is 0 Å². The molecule has 0 radical (unpaired) electrons. The number of esters is 3. The number of aliphatic hydroxyl groups is 1. The molecule has 0 spiro atoms. The molecule has 1 aliphatic rings. The van der Waals surface area contributed by atoms with Gasteiger partial charge in [-0.25, -0.2) is 0 Å². The molecule has 1 unspecified atom stereocenters. The van der Waals surface area contributed by atoms with Crippen molar-refractivity contribution < 1.29 is 38.4 Å². The third-order valence-corrected chi connectivity index (χ3v) is 15.5. The van der Waals surface area contributed by atoms with Crippen LogP contribution in [0, 0.1) is 0 Å². The van der Waals surface area contributed by atoms with Gasteiger partial charge in [-0.1, -0.05) is 253 Å². The summed E-state index contributed by atoms with van der Waals surface area (Å²) in [6.45, 7) is 13.4. The number of rotatable bonds is 56. The van der Waals surface area contributed by atoms with Crippen LogP contribution < -0.4 is 0 Å². The fourth-order valence-electron chi connectivity index (χ4n) is 10.8. The highest BCUT2D eigenvalue weighted by atomic mass is 16.7. The summed E-state index contributed by atoms with van der Waals surface area (Å²) in [5.41, 5.74) is 0. The minimum absolute atomic E-state index is 0.103. The Morgan fingerprint density at radius 2 is 0.822 bits per heavy atom. The van der Waals surface area contributed by atoms with Crippen LogP contribution in [0.15, 0.2) is 0 Å². The van der Waals surface area contributed by atoms with Crippen LogP contribution >= 0.6 is 0 Å². The zero-order valence-electron chi connectivity index (χ0n) is 49.3. The standard InChI is InChI=1S/C64H123NO8/c1-6-11-16-21-26-27-28-35-45-54-70-61(67)49-41-37-44-53-65-57-58(66)56-60(65)63(69)71-55-46-36-29-32-40-50-62(68)73-64(51-42-33-24-19-14-9-4,52-43-34-25-20-15-10-5)72-59(47-38-30-22-17-12-7-2)48-39-31-23-18-13-8-3/h58-60,66H,6-57H2,1-5H3/t58?,60-/m0/s1. The molecule has 0 saturated carbocycles. The number of nitrogens with zero attached hydrogens (tertiary/aromatic N) is 1. The van der Waals surface area contributed by atoms with E-state index in [0.29, 0.717) is 45.6 Å². The number of aliphatic hydroxyl groups excluding tert-OH is 1. The molecule has 0 amide bonds. The van der Waals surface area contributed by atoms with Crippen molar-refractivity contribution in [3.8, 4) is 0 Å². The summed E-state index contributed by atoms with van der Waals surface area (Å²) in [5, 5.41) is 10.4. The number of likely N-dealkylation sites (tertiary alicyclic amines) is 1. The number of hydrogen-bond acceptors (Lipinski definition) is 9. The smallest absolute Gasteiger partial charge is 0.323 e. The highest BCUT2D eigenvalue weighted by Gasteiger charge is 2.38. The molecule has 0 aromatic carbocycles. The van der Waals surface area contributed by atoms with Crippen molar-refractivity contribution in [1.82, 2.24) is 4.90 Å². The molecule has 1 N–H and O–H groups in total. The van der Waals surface area contributed by atoms with Gasteiger partial charge in [-0.2, -0.15) is 0 Å². The van der Waals surface area contributed by atoms with Crippen molar-refractivity contribution in [2.24, 2.45) is 0 Å². The second-order valence-electron chi connectivity index (χ2n) is 22.7. The average molecular weight is 1030 g/mol. The first-order chi connectivity index (χ1) is 35.7. The molecule has 2 atom stereocenters. The lowest BCUT2D eigenvalue weighted by Crippen LogP contribution is -2.42. The molecule has 1 rings (SSSR count). The fourth-order valence-corrected chi connectivity index (χ4v) is 10.8. The molecule has 9 heteroatoms. The second kappa shape index (κ2) is 51.1.